The van der Waals surface area contributed by atoms with Gasteiger partial charge < -0.3 is 10.2 Å². The van der Waals surface area contributed by atoms with Crippen LogP contribution in [0, 0.1) is 12.8 Å². The average Bonchev–Trinajstić information content (AvgIpc) is 3.39. The van der Waals surface area contributed by atoms with Crippen LogP contribution in [0.3, 0.4) is 0 Å². The fraction of sp³-hybridized carbons (Fsp3) is 0.414. The Morgan fingerprint density at radius 1 is 1.08 bits per heavy atom. The summed E-state index contributed by atoms with van der Waals surface area (Å²) in [7, 11) is 0.0525. The number of aromatic nitrogens is 4. The van der Waals surface area contributed by atoms with Gasteiger partial charge in [-0.05, 0) is 91.7 Å². The van der Waals surface area contributed by atoms with E-state index in [2.05, 4.69) is 39.4 Å². The number of aryl methyl sites for hydroxylation is 2. The van der Waals surface area contributed by atoms with Gasteiger partial charge in [0, 0.05) is 50.9 Å². The fourth-order valence-electron chi connectivity index (χ4n) is 5.90. The topological polar surface area (TPSA) is 96.2 Å². The fourth-order valence-corrected chi connectivity index (χ4v) is 7.20. The van der Waals surface area contributed by atoms with Crippen LogP contribution in [-0.4, -0.2) is 65.7 Å². The summed E-state index contributed by atoms with van der Waals surface area (Å²) in [4.78, 5) is 11.9. The summed E-state index contributed by atoms with van der Waals surface area (Å²) in [6.07, 6.45) is 8.34. The molecule has 0 amide bonds. The normalized spacial score (nSPS) is 16.7. The van der Waals surface area contributed by atoms with E-state index < -0.39 is 10.0 Å². The van der Waals surface area contributed by atoms with Crippen molar-refractivity contribution in [1.29, 1.82) is 0 Å². The first-order valence-corrected chi connectivity index (χ1v) is 15.0. The SMILES string of the molecule is Cc1cc(-c2cnn(C)c2)cc2c(N3CCc4ccc(S(=O)(=O)N(C)CC5CCNCC5)cc4C3)ncnc12. The molecule has 9 nitrogen and oxygen atoms in total. The molecule has 1 fully saturated rings. The molecular weight excluding hydrogens is 510 g/mol. The van der Waals surface area contributed by atoms with E-state index in [9.17, 15) is 8.42 Å². The summed E-state index contributed by atoms with van der Waals surface area (Å²) < 4.78 is 30.3. The number of nitrogens with one attached hydrogen (secondary N) is 1. The van der Waals surface area contributed by atoms with Gasteiger partial charge in [0.15, 0.2) is 0 Å². The lowest BCUT2D eigenvalue weighted by Gasteiger charge is -2.31. The van der Waals surface area contributed by atoms with Crippen LogP contribution in [0.5, 0.6) is 0 Å². The van der Waals surface area contributed by atoms with Gasteiger partial charge in [-0.25, -0.2) is 22.7 Å². The van der Waals surface area contributed by atoms with Crippen molar-refractivity contribution in [3.05, 3.63) is 65.7 Å². The molecule has 2 aromatic heterocycles. The molecule has 0 unspecified atom stereocenters. The Morgan fingerprint density at radius 3 is 2.67 bits per heavy atom. The molecule has 1 N–H and O–H groups in total. The van der Waals surface area contributed by atoms with Crippen LogP contribution in [0.4, 0.5) is 5.82 Å². The molecule has 1 saturated heterocycles. The molecule has 4 aromatic rings. The first-order chi connectivity index (χ1) is 18.8. The maximum Gasteiger partial charge on any atom is 0.242 e. The van der Waals surface area contributed by atoms with E-state index in [0.717, 1.165) is 77.9 Å². The first-order valence-electron chi connectivity index (χ1n) is 13.6. The lowest BCUT2D eigenvalue weighted by molar-refractivity contribution is 0.311. The summed E-state index contributed by atoms with van der Waals surface area (Å²) in [6, 6.07) is 9.90. The second kappa shape index (κ2) is 10.3. The molecule has 4 heterocycles. The summed E-state index contributed by atoms with van der Waals surface area (Å²) in [5.74, 6) is 1.26. The van der Waals surface area contributed by atoms with Crippen LogP contribution in [0.1, 0.15) is 29.5 Å². The van der Waals surface area contributed by atoms with Crippen LogP contribution in [-0.2, 0) is 30.0 Å². The number of fused-ring (bicyclic) bond motifs is 2. The highest BCUT2D eigenvalue weighted by molar-refractivity contribution is 7.89. The predicted molar refractivity (Wildman–Crippen MR) is 153 cm³/mol. The molecule has 39 heavy (non-hydrogen) atoms. The third-order valence-electron chi connectivity index (χ3n) is 8.12. The minimum atomic E-state index is -3.57. The highest BCUT2D eigenvalue weighted by Gasteiger charge is 2.27. The Balaban J connectivity index is 1.30. The molecule has 204 valence electrons. The van der Waals surface area contributed by atoms with E-state index in [4.69, 9.17) is 4.98 Å². The van der Waals surface area contributed by atoms with Crippen molar-refractivity contribution in [2.75, 3.05) is 38.1 Å². The predicted octanol–water partition coefficient (Wildman–Crippen LogP) is 3.52. The van der Waals surface area contributed by atoms with Gasteiger partial charge in [0.25, 0.3) is 0 Å². The van der Waals surface area contributed by atoms with Crippen molar-refractivity contribution in [1.82, 2.24) is 29.4 Å². The average molecular weight is 546 g/mol. The Hall–Kier alpha value is -3.34. The van der Waals surface area contributed by atoms with Gasteiger partial charge in [0.05, 0.1) is 16.6 Å². The van der Waals surface area contributed by atoms with Crippen molar-refractivity contribution >= 4 is 26.7 Å². The molecule has 0 saturated carbocycles. The van der Waals surface area contributed by atoms with Gasteiger partial charge in [0.1, 0.15) is 12.1 Å². The molecule has 2 aromatic carbocycles. The van der Waals surface area contributed by atoms with Crippen molar-refractivity contribution in [3.8, 4) is 11.1 Å². The molecule has 0 aliphatic carbocycles. The number of hydrogen-bond acceptors (Lipinski definition) is 7. The van der Waals surface area contributed by atoms with E-state index >= 15 is 0 Å². The zero-order valence-electron chi connectivity index (χ0n) is 22.8. The largest absolute Gasteiger partial charge is 0.351 e. The van der Waals surface area contributed by atoms with E-state index in [1.165, 1.54) is 9.87 Å². The molecule has 0 bridgehead atoms. The number of nitrogens with zero attached hydrogens (tertiary/aromatic N) is 6. The van der Waals surface area contributed by atoms with Gasteiger partial charge in [-0.2, -0.15) is 5.10 Å². The Kier molecular flexibility index (Phi) is 6.86. The Labute approximate surface area is 229 Å². The zero-order chi connectivity index (χ0) is 27.1. The Bertz CT molecular complexity index is 1630. The molecular formula is C29H35N7O2S. The monoisotopic (exact) mass is 545 g/mol. The number of benzene rings is 2. The molecule has 2 aliphatic heterocycles. The zero-order valence-corrected chi connectivity index (χ0v) is 23.6. The van der Waals surface area contributed by atoms with Crippen molar-refractivity contribution in [2.45, 2.75) is 37.6 Å². The van der Waals surface area contributed by atoms with Crippen molar-refractivity contribution in [3.63, 3.8) is 0 Å². The smallest absolute Gasteiger partial charge is 0.242 e. The lowest BCUT2D eigenvalue weighted by atomic mass is 9.98. The number of rotatable bonds is 6. The van der Waals surface area contributed by atoms with Gasteiger partial charge in [0.2, 0.25) is 10.0 Å². The van der Waals surface area contributed by atoms with Crippen LogP contribution in [0.15, 0.2) is 53.9 Å². The molecule has 0 radical (unpaired) electrons. The van der Waals surface area contributed by atoms with Crippen molar-refractivity contribution < 1.29 is 8.42 Å². The van der Waals surface area contributed by atoms with Gasteiger partial charge >= 0.3 is 0 Å². The minimum absolute atomic E-state index is 0.363. The summed E-state index contributed by atoms with van der Waals surface area (Å²) in [5.41, 5.74) is 6.35. The van der Waals surface area contributed by atoms with Crippen LogP contribution in [0.2, 0.25) is 0 Å². The number of anilines is 1. The molecule has 0 spiro atoms. The quantitative estimate of drug-likeness (QED) is 0.396. The Morgan fingerprint density at radius 2 is 1.90 bits per heavy atom. The third kappa shape index (κ3) is 5.04. The lowest BCUT2D eigenvalue weighted by Crippen LogP contribution is -2.37. The molecule has 2 aliphatic rings. The third-order valence-corrected chi connectivity index (χ3v) is 9.94. The summed E-state index contributed by atoms with van der Waals surface area (Å²) in [6.45, 7) is 5.93. The van der Waals surface area contributed by atoms with Gasteiger partial charge in [-0.3, -0.25) is 4.68 Å². The first kappa shape index (κ1) is 25.9. The second-order valence-electron chi connectivity index (χ2n) is 10.9. The van der Waals surface area contributed by atoms with Crippen molar-refractivity contribution in [2.24, 2.45) is 13.0 Å². The molecule has 6 rings (SSSR count). The summed E-state index contributed by atoms with van der Waals surface area (Å²) in [5, 5.41) is 8.67. The van der Waals surface area contributed by atoms with E-state index in [1.807, 2.05) is 31.6 Å². The highest BCUT2D eigenvalue weighted by Crippen LogP contribution is 2.34. The van der Waals surface area contributed by atoms with E-state index in [1.54, 1.807) is 24.1 Å². The molecule has 0 atom stereocenters. The number of piperidine rings is 1. The summed E-state index contributed by atoms with van der Waals surface area (Å²) >= 11 is 0. The van der Waals surface area contributed by atoms with E-state index in [-0.39, 0.29) is 0 Å². The van der Waals surface area contributed by atoms with Crippen LogP contribution < -0.4 is 10.2 Å². The standard InChI is InChI=1S/C29H35N7O2S/c1-20-12-23(25-15-33-34(2)17-25)14-27-28(20)31-19-32-29(27)36-11-8-22-4-5-26(13-24(22)18-36)39(37,38)35(3)16-21-6-9-30-10-7-21/h4-5,12-15,17,19,21,30H,6-11,16,18H2,1-3H3. The maximum atomic E-state index is 13.5. The van der Waals surface area contributed by atoms with Crippen LogP contribution in [0.25, 0.3) is 22.0 Å². The number of sulfonamides is 1. The van der Waals surface area contributed by atoms with E-state index in [0.29, 0.717) is 23.9 Å². The van der Waals surface area contributed by atoms with Gasteiger partial charge in [-0.1, -0.05) is 6.07 Å². The van der Waals surface area contributed by atoms with Crippen LogP contribution >= 0.6 is 0 Å². The second-order valence-corrected chi connectivity index (χ2v) is 12.9. The van der Waals surface area contributed by atoms with Gasteiger partial charge in [-0.15, -0.1) is 0 Å². The number of hydrogen-bond donors (Lipinski definition) is 1. The maximum absolute atomic E-state index is 13.5. The highest BCUT2D eigenvalue weighted by atomic mass is 32.2. The minimum Gasteiger partial charge on any atom is -0.351 e. The molecule has 10 heteroatoms.